The molecule has 1 aliphatic rings. The van der Waals surface area contributed by atoms with E-state index in [1.165, 1.54) is 4.90 Å². The number of pyridine rings is 1. The molecule has 0 aliphatic carbocycles. The van der Waals surface area contributed by atoms with Crippen molar-refractivity contribution >= 4 is 17.6 Å². The number of hydrogen-bond acceptors (Lipinski definition) is 3. The first-order valence-electron chi connectivity index (χ1n) is 7.27. The van der Waals surface area contributed by atoms with Crippen LogP contribution >= 0.6 is 0 Å². The lowest BCUT2D eigenvalue weighted by molar-refractivity contribution is -0.126. The SMILES string of the molecule is C[C@H]1C(=O)N(CCc2ccncc2)C(=O)N1c1ccccc1. The van der Waals surface area contributed by atoms with Crippen molar-refractivity contribution in [2.75, 3.05) is 11.4 Å². The third-order valence-electron chi connectivity index (χ3n) is 3.86. The molecule has 3 rings (SSSR count). The van der Waals surface area contributed by atoms with Gasteiger partial charge in [-0.3, -0.25) is 19.6 Å². The lowest BCUT2D eigenvalue weighted by atomic mass is 10.2. The quantitative estimate of drug-likeness (QED) is 0.814. The Morgan fingerprint density at radius 2 is 1.73 bits per heavy atom. The summed E-state index contributed by atoms with van der Waals surface area (Å²) in [5.41, 5.74) is 1.81. The minimum absolute atomic E-state index is 0.150. The van der Waals surface area contributed by atoms with Crippen molar-refractivity contribution in [2.45, 2.75) is 19.4 Å². The molecule has 0 spiro atoms. The molecule has 1 aromatic carbocycles. The maximum atomic E-state index is 12.6. The monoisotopic (exact) mass is 295 g/mol. The molecule has 0 unspecified atom stereocenters. The van der Waals surface area contributed by atoms with Crippen molar-refractivity contribution in [3.05, 3.63) is 60.4 Å². The van der Waals surface area contributed by atoms with Crippen LogP contribution in [0.2, 0.25) is 0 Å². The highest BCUT2D eigenvalue weighted by atomic mass is 16.2. The van der Waals surface area contributed by atoms with Gasteiger partial charge in [0, 0.05) is 24.6 Å². The molecule has 1 aliphatic heterocycles. The van der Waals surface area contributed by atoms with Gasteiger partial charge in [-0.15, -0.1) is 0 Å². The Balaban J connectivity index is 1.76. The van der Waals surface area contributed by atoms with Crippen LogP contribution in [0.1, 0.15) is 12.5 Å². The fraction of sp³-hybridized carbons (Fsp3) is 0.235. The number of rotatable bonds is 4. The van der Waals surface area contributed by atoms with Gasteiger partial charge in [0.2, 0.25) is 0 Å². The van der Waals surface area contributed by atoms with Crippen molar-refractivity contribution in [1.29, 1.82) is 0 Å². The lowest BCUT2D eigenvalue weighted by Crippen LogP contribution is -2.34. The number of carbonyl (C=O) groups is 2. The first kappa shape index (κ1) is 14.3. The summed E-state index contributed by atoms with van der Waals surface area (Å²) < 4.78 is 0. The molecule has 2 heterocycles. The minimum atomic E-state index is -0.465. The molecule has 0 N–H and O–H groups in total. The van der Waals surface area contributed by atoms with E-state index in [2.05, 4.69) is 4.98 Å². The predicted octanol–water partition coefficient (Wildman–Crippen LogP) is 2.48. The molecule has 1 fully saturated rings. The summed E-state index contributed by atoms with van der Waals surface area (Å²) >= 11 is 0. The number of imide groups is 1. The second kappa shape index (κ2) is 5.97. The summed E-state index contributed by atoms with van der Waals surface area (Å²) in [4.78, 5) is 31.8. The van der Waals surface area contributed by atoms with E-state index in [1.807, 2.05) is 42.5 Å². The fourth-order valence-corrected chi connectivity index (χ4v) is 2.64. The van der Waals surface area contributed by atoms with E-state index in [0.29, 0.717) is 13.0 Å². The zero-order chi connectivity index (χ0) is 15.5. The van der Waals surface area contributed by atoms with Gasteiger partial charge in [0.15, 0.2) is 0 Å². The highest BCUT2D eigenvalue weighted by molar-refractivity contribution is 6.14. The smallest absolute Gasteiger partial charge is 0.282 e. The Morgan fingerprint density at radius 1 is 1.05 bits per heavy atom. The van der Waals surface area contributed by atoms with Gasteiger partial charge < -0.3 is 0 Å². The average molecular weight is 295 g/mol. The van der Waals surface area contributed by atoms with E-state index < -0.39 is 6.04 Å². The van der Waals surface area contributed by atoms with Gasteiger partial charge in [-0.1, -0.05) is 18.2 Å². The van der Waals surface area contributed by atoms with Crippen LogP contribution in [-0.4, -0.2) is 34.4 Å². The molecule has 112 valence electrons. The van der Waals surface area contributed by atoms with Crippen LogP contribution in [0.3, 0.4) is 0 Å². The number of carbonyl (C=O) groups excluding carboxylic acids is 2. The maximum absolute atomic E-state index is 12.6. The molecule has 22 heavy (non-hydrogen) atoms. The molecule has 0 saturated carbocycles. The van der Waals surface area contributed by atoms with Crippen LogP contribution in [0.4, 0.5) is 10.5 Å². The largest absolute Gasteiger partial charge is 0.331 e. The molecule has 5 nitrogen and oxygen atoms in total. The van der Waals surface area contributed by atoms with Crippen LogP contribution in [0.25, 0.3) is 0 Å². The molecule has 0 radical (unpaired) electrons. The fourth-order valence-electron chi connectivity index (χ4n) is 2.64. The van der Waals surface area contributed by atoms with E-state index in [-0.39, 0.29) is 11.9 Å². The number of anilines is 1. The summed E-state index contributed by atoms with van der Waals surface area (Å²) in [6.45, 7) is 2.15. The van der Waals surface area contributed by atoms with Gasteiger partial charge in [0.1, 0.15) is 6.04 Å². The Bertz CT molecular complexity index is 673. The maximum Gasteiger partial charge on any atom is 0.331 e. The van der Waals surface area contributed by atoms with Crippen LogP contribution in [0, 0.1) is 0 Å². The Kier molecular flexibility index (Phi) is 3.87. The molecule has 5 heteroatoms. The number of urea groups is 1. The van der Waals surface area contributed by atoms with Crippen LogP contribution in [-0.2, 0) is 11.2 Å². The molecule has 2 aromatic rings. The molecular weight excluding hydrogens is 278 g/mol. The number of amides is 3. The third kappa shape index (κ3) is 2.57. The van der Waals surface area contributed by atoms with Crippen LogP contribution in [0.15, 0.2) is 54.9 Å². The first-order chi connectivity index (χ1) is 10.7. The number of aromatic nitrogens is 1. The molecular formula is C17H17N3O2. The second-order valence-corrected chi connectivity index (χ2v) is 5.26. The van der Waals surface area contributed by atoms with Crippen molar-refractivity contribution in [1.82, 2.24) is 9.88 Å². The van der Waals surface area contributed by atoms with Gasteiger partial charge in [-0.2, -0.15) is 0 Å². The molecule has 1 saturated heterocycles. The zero-order valence-corrected chi connectivity index (χ0v) is 12.3. The van der Waals surface area contributed by atoms with Gasteiger partial charge in [0.05, 0.1) is 0 Å². The second-order valence-electron chi connectivity index (χ2n) is 5.26. The number of hydrogen-bond donors (Lipinski definition) is 0. The molecule has 3 amide bonds. The predicted molar refractivity (Wildman–Crippen MR) is 83.4 cm³/mol. The van der Waals surface area contributed by atoms with Gasteiger partial charge >= 0.3 is 6.03 Å². The standard InChI is InChI=1S/C17H17N3O2/c1-13-16(21)19(12-9-14-7-10-18-11-8-14)17(22)20(13)15-5-3-2-4-6-15/h2-8,10-11,13H,9,12H2,1H3/t13-/m0/s1. The summed E-state index contributed by atoms with van der Waals surface area (Å²) in [5.74, 6) is -0.150. The summed E-state index contributed by atoms with van der Waals surface area (Å²) in [6.07, 6.45) is 4.05. The Morgan fingerprint density at radius 3 is 2.41 bits per heavy atom. The van der Waals surface area contributed by atoms with Crippen molar-refractivity contribution in [2.24, 2.45) is 0 Å². The lowest BCUT2D eigenvalue weighted by Gasteiger charge is -2.19. The third-order valence-corrected chi connectivity index (χ3v) is 3.86. The summed E-state index contributed by atoms with van der Waals surface area (Å²) in [7, 11) is 0. The van der Waals surface area contributed by atoms with E-state index in [4.69, 9.17) is 0 Å². The highest BCUT2D eigenvalue weighted by Crippen LogP contribution is 2.25. The van der Waals surface area contributed by atoms with Crippen molar-refractivity contribution < 1.29 is 9.59 Å². The molecule has 1 aromatic heterocycles. The average Bonchev–Trinajstić information content (AvgIpc) is 2.77. The van der Waals surface area contributed by atoms with Crippen LogP contribution < -0.4 is 4.90 Å². The molecule has 1 atom stereocenters. The number of para-hydroxylation sites is 1. The normalized spacial score (nSPS) is 18.1. The van der Waals surface area contributed by atoms with Gasteiger partial charge in [0.25, 0.3) is 5.91 Å². The Labute approximate surface area is 129 Å². The summed E-state index contributed by atoms with van der Waals surface area (Å²) in [6, 6.07) is 12.4. The topological polar surface area (TPSA) is 53.5 Å². The van der Waals surface area contributed by atoms with Crippen LogP contribution in [0.5, 0.6) is 0 Å². The highest BCUT2D eigenvalue weighted by Gasteiger charge is 2.42. The summed E-state index contributed by atoms with van der Waals surface area (Å²) in [5, 5.41) is 0. The minimum Gasteiger partial charge on any atom is -0.282 e. The van der Waals surface area contributed by atoms with E-state index in [0.717, 1.165) is 11.3 Å². The van der Waals surface area contributed by atoms with E-state index in [1.54, 1.807) is 24.2 Å². The van der Waals surface area contributed by atoms with Crippen molar-refractivity contribution in [3.8, 4) is 0 Å². The van der Waals surface area contributed by atoms with Crippen molar-refractivity contribution in [3.63, 3.8) is 0 Å². The number of nitrogens with zero attached hydrogens (tertiary/aromatic N) is 3. The zero-order valence-electron chi connectivity index (χ0n) is 12.3. The molecule has 0 bridgehead atoms. The number of benzene rings is 1. The van der Waals surface area contributed by atoms with E-state index in [9.17, 15) is 9.59 Å². The first-order valence-corrected chi connectivity index (χ1v) is 7.27. The van der Waals surface area contributed by atoms with E-state index >= 15 is 0 Å². The van der Waals surface area contributed by atoms with Gasteiger partial charge in [-0.25, -0.2) is 4.79 Å². The van der Waals surface area contributed by atoms with Gasteiger partial charge in [-0.05, 0) is 43.2 Å². The Hall–Kier alpha value is -2.69.